The molecule has 0 aliphatic carbocycles. The Morgan fingerprint density at radius 3 is 2.71 bits per heavy atom. The number of para-hydroxylation sites is 1. The smallest absolute Gasteiger partial charge is 0.245 e. The molecule has 2 aliphatic rings. The Kier molecular flexibility index (Phi) is 4.70. The summed E-state index contributed by atoms with van der Waals surface area (Å²) in [5.74, 6) is 0.105. The highest BCUT2D eigenvalue weighted by Crippen LogP contribution is 2.25. The molecular formula is C20H26N6O2. The van der Waals surface area contributed by atoms with Gasteiger partial charge in [-0.2, -0.15) is 0 Å². The molecule has 0 bridgehead atoms. The van der Waals surface area contributed by atoms with Crippen LogP contribution in [0.25, 0.3) is 10.9 Å². The first-order chi connectivity index (χ1) is 13.5. The second-order valence-electron chi connectivity index (χ2n) is 7.78. The molecule has 2 aliphatic heterocycles. The van der Waals surface area contributed by atoms with Crippen LogP contribution in [0.2, 0.25) is 0 Å². The van der Waals surface area contributed by atoms with Gasteiger partial charge in [0, 0.05) is 50.1 Å². The Labute approximate surface area is 163 Å². The number of rotatable bonds is 4. The highest BCUT2D eigenvalue weighted by Gasteiger charge is 2.41. The molecule has 148 valence electrons. The monoisotopic (exact) mass is 382 g/mol. The molecule has 1 spiro atoms. The highest BCUT2D eigenvalue weighted by molar-refractivity contribution is 5.89. The number of carbonyl (C=O) groups is 2. The summed E-state index contributed by atoms with van der Waals surface area (Å²) in [4.78, 5) is 30.0. The van der Waals surface area contributed by atoms with E-state index in [0.717, 1.165) is 35.9 Å². The van der Waals surface area contributed by atoms with E-state index in [1.54, 1.807) is 0 Å². The summed E-state index contributed by atoms with van der Waals surface area (Å²) in [7, 11) is 0. The number of hydrogen-bond acceptors (Lipinski definition) is 3. The average Bonchev–Trinajstić information content (AvgIpc) is 3.25. The Morgan fingerprint density at radius 1 is 1.29 bits per heavy atom. The minimum absolute atomic E-state index is 0.0450. The second kappa shape index (κ2) is 7.18. The normalized spacial score (nSPS) is 19.3. The molecular weight excluding hydrogens is 356 g/mol. The standard InChI is InChI=1S/C20H26N6O2/c1-13(27)24-17(10-14-11-22-16-5-3-2-4-15(14)16)18(28)26-8-6-20(7-9-26)12-23-19(21)25-20/h2-5,11,17,22H,6-10,12H2,1H3,(H,24,27)(H3,21,23,25)/t17-/m1/s1. The van der Waals surface area contributed by atoms with Crippen LogP contribution < -0.4 is 16.0 Å². The first-order valence-electron chi connectivity index (χ1n) is 9.67. The molecule has 2 aromatic rings. The van der Waals surface area contributed by atoms with Crippen molar-refractivity contribution in [2.75, 3.05) is 19.6 Å². The maximum absolute atomic E-state index is 13.2. The van der Waals surface area contributed by atoms with Gasteiger partial charge in [0.15, 0.2) is 5.96 Å². The number of nitrogens with zero attached hydrogens (tertiary/aromatic N) is 1. The van der Waals surface area contributed by atoms with Crippen molar-refractivity contribution in [1.29, 1.82) is 5.41 Å². The number of likely N-dealkylation sites (tertiary alicyclic amines) is 1. The molecule has 8 nitrogen and oxygen atoms in total. The van der Waals surface area contributed by atoms with Gasteiger partial charge in [0.05, 0.1) is 5.54 Å². The molecule has 0 unspecified atom stereocenters. The lowest BCUT2D eigenvalue weighted by Crippen LogP contribution is -2.57. The molecule has 5 N–H and O–H groups in total. The van der Waals surface area contributed by atoms with Crippen LogP contribution in [-0.4, -0.2) is 58.9 Å². The van der Waals surface area contributed by atoms with Gasteiger partial charge in [-0.3, -0.25) is 15.0 Å². The fourth-order valence-corrected chi connectivity index (χ4v) is 4.25. The van der Waals surface area contributed by atoms with Gasteiger partial charge in [-0.25, -0.2) is 0 Å². The average molecular weight is 382 g/mol. The summed E-state index contributed by atoms with van der Waals surface area (Å²) in [5, 5.41) is 17.9. The highest BCUT2D eigenvalue weighted by atomic mass is 16.2. The molecule has 1 aromatic heterocycles. The van der Waals surface area contributed by atoms with E-state index in [1.165, 1.54) is 6.92 Å². The number of hydrogen-bond donors (Lipinski definition) is 5. The zero-order valence-electron chi connectivity index (χ0n) is 16.0. The Hall–Kier alpha value is -3.03. The first kappa shape index (κ1) is 18.3. The molecule has 0 saturated carbocycles. The second-order valence-corrected chi connectivity index (χ2v) is 7.78. The van der Waals surface area contributed by atoms with E-state index in [2.05, 4.69) is 20.9 Å². The van der Waals surface area contributed by atoms with Gasteiger partial charge in [-0.05, 0) is 24.5 Å². The number of fused-ring (bicyclic) bond motifs is 1. The van der Waals surface area contributed by atoms with Crippen molar-refractivity contribution in [3.8, 4) is 0 Å². The number of aromatic amines is 1. The number of amides is 2. The maximum atomic E-state index is 13.2. The lowest BCUT2D eigenvalue weighted by atomic mass is 9.88. The van der Waals surface area contributed by atoms with E-state index in [-0.39, 0.29) is 17.4 Å². The molecule has 2 amide bonds. The molecule has 2 fully saturated rings. The van der Waals surface area contributed by atoms with E-state index in [9.17, 15) is 9.59 Å². The van der Waals surface area contributed by atoms with Crippen LogP contribution >= 0.6 is 0 Å². The number of H-pyrrole nitrogens is 1. The van der Waals surface area contributed by atoms with Crippen LogP contribution in [0, 0.1) is 5.41 Å². The molecule has 1 atom stereocenters. The summed E-state index contributed by atoms with van der Waals surface area (Å²) in [6, 6.07) is 7.37. The van der Waals surface area contributed by atoms with Gasteiger partial charge in [-0.15, -0.1) is 0 Å². The van der Waals surface area contributed by atoms with Crippen molar-refractivity contribution in [1.82, 2.24) is 25.8 Å². The van der Waals surface area contributed by atoms with Crippen LogP contribution in [0.3, 0.4) is 0 Å². The van der Waals surface area contributed by atoms with Crippen LogP contribution in [0.15, 0.2) is 30.5 Å². The molecule has 3 heterocycles. The van der Waals surface area contributed by atoms with E-state index in [4.69, 9.17) is 5.41 Å². The zero-order chi connectivity index (χ0) is 19.7. The number of carbonyl (C=O) groups excluding carboxylic acids is 2. The number of benzene rings is 1. The molecule has 0 radical (unpaired) electrons. The van der Waals surface area contributed by atoms with E-state index in [1.807, 2.05) is 35.4 Å². The third-order valence-electron chi connectivity index (χ3n) is 5.80. The third-order valence-corrected chi connectivity index (χ3v) is 5.80. The Balaban J connectivity index is 1.47. The van der Waals surface area contributed by atoms with Crippen LogP contribution in [0.5, 0.6) is 0 Å². The fourth-order valence-electron chi connectivity index (χ4n) is 4.25. The largest absolute Gasteiger partial charge is 0.361 e. The number of nitrogens with one attached hydrogen (secondary N) is 5. The molecule has 4 rings (SSSR count). The van der Waals surface area contributed by atoms with Crippen molar-refractivity contribution in [2.45, 2.75) is 37.8 Å². The van der Waals surface area contributed by atoms with E-state index < -0.39 is 6.04 Å². The predicted octanol–water partition coefficient (Wildman–Crippen LogP) is 0.704. The van der Waals surface area contributed by atoms with Crippen molar-refractivity contribution in [3.05, 3.63) is 36.0 Å². The van der Waals surface area contributed by atoms with E-state index in [0.29, 0.717) is 25.5 Å². The zero-order valence-corrected chi connectivity index (χ0v) is 16.0. The van der Waals surface area contributed by atoms with E-state index >= 15 is 0 Å². The van der Waals surface area contributed by atoms with Gasteiger partial charge < -0.3 is 25.8 Å². The Morgan fingerprint density at radius 2 is 2.04 bits per heavy atom. The van der Waals surface area contributed by atoms with Crippen molar-refractivity contribution >= 4 is 28.7 Å². The van der Waals surface area contributed by atoms with Crippen molar-refractivity contribution in [3.63, 3.8) is 0 Å². The van der Waals surface area contributed by atoms with Gasteiger partial charge in [0.25, 0.3) is 0 Å². The summed E-state index contributed by atoms with van der Waals surface area (Å²) < 4.78 is 0. The summed E-state index contributed by atoms with van der Waals surface area (Å²) in [5.41, 5.74) is 1.91. The third kappa shape index (κ3) is 3.54. The molecule has 2 saturated heterocycles. The van der Waals surface area contributed by atoms with Crippen LogP contribution in [0.4, 0.5) is 0 Å². The first-order valence-corrected chi connectivity index (χ1v) is 9.67. The molecule has 8 heteroatoms. The summed E-state index contributed by atoms with van der Waals surface area (Å²) in [6.07, 6.45) is 3.94. The molecule has 1 aromatic carbocycles. The van der Waals surface area contributed by atoms with Gasteiger partial charge >= 0.3 is 0 Å². The number of piperidine rings is 1. The summed E-state index contributed by atoms with van der Waals surface area (Å²) in [6.45, 7) is 3.40. The number of aromatic nitrogens is 1. The van der Waals surface area contributed by atoms with Gasteiger partial charge in [-0.1, -0.05) is 18.2 Å². The SMILES string of the molecule is CC(=O)N[C@H](Cc1c[nH]c2ccccc12)C(=O)N1CCC2(CC1)CNC(=N)N2. The number of guanidine groups is 1. The van der Waals surface area contributed by atoms with Crippen molar-refractivity contribution in [2.24, 2.45) is 0 Å². The predicted molar refractivity (Wildman–Crippen MR) is 107 cm³/mol. The van der Waals surface area contributed by atoms with Crippen LogP contribution in [-0.2, 0) is 16.0 Å². The van der Waals surface area contributed by atoms with Gasteiger partial charge in [0.2, 0.25) is 11.8 Å². The van der Waals surface area contributed by atoms with Crippen molar-refractivity contribution < 1.29 is 9.59 Å². The Bertz CT molecular complexity index is 912. The van der Waals surface area contributed by atoms with Crippen LogP contribution in [0.1, 0.15) is 25.3 Å². The topological polar surface area (TPSA) is 113 Å². The fraction of sp³-hybridized carbons (Fsp3) is 0.450. The lowest BCUT2D eigenvalue weighted by molar-refractivity contribution is -0.137. The molecule has 28 heavy (non-hydrogen) atoms. The quantitative estimate of drug-likeness (QED) is 0.536. The lowest BCUT2D eigenvalue weighted by Gasteiger charge is -2.39. The maximum Gasteiger partial charge on any atom is 0.245 e. The summed E-state index contributed by atoms with van der Waals surface area (Å²) >= 11 is 0. The minimum Gasteiger partial charge on any atom is -0.361 e. The van der Waals surface area contributed by atoms with Gasteiger partial charge in [0.1, 0.15) is 6.04 Å². The minimum atomic E-state index is -0.585.